The molecule has 20 heavy (non-hydrogen) atoms. The summed E-state index contributed by atoms with van der Waals surface area (Å²) in [5.41, 5.74) is 3.43. The Hall–Kier alpha value is -2.28. The van der Waals surface area contributed by atoms with Crippen molar-refractivity contribution in [2.75, 3.05) is 25.0 Å². The van der Waals surface area contributed by atoms with Gasteiger partial charge in [-0.2, -0.15) is 5.26 Å². The Balaban J connectivity index is 2.27. The minimum absolute atomic E-state index is 0.126. The average Bonchev–Trinajstić information content (AvgIpc) is 2.98. The summed E-state index contributed by atoms with van der Waals surface area (Å²) >= 11 is 0. The number of rotatable bonds is 3. The van der Waals surface area contributed by atoms with Crippen molar-refractivity contribution in [3.63, 3.8) is 0 Å². The molecule has 0 unspecified atom stereocenters. The minimum atomic E-state index is -0.353. The molecular weight excluding hydrogens is 250 g/mol. The van der Waals surface area contributed by atoms with Crippen LogP contribution in [0.15, 0.2) is 23.8 Å². The van der Waals surface area contributed by atoms with E-state index in [1.165, 1.54) is 31.1 Å². The van der Waals surface area contributed by atoms with Gasteiger partial charge in [-0.05, 0) is 49.1 Å². The van der Waals surface area contributed by atoms with E-state index < -0.39 is 0 Å². The predicted molar refractivity (Wildman–Crippen MR) is 80.3 cm³/mol. The number of hydrogen-bond donors (Lipinski definition) is 1. The third kappa shape index (κ3) is 3.00. The van der Waals surface area contributed by atoms with E-state index in [-0.39, 0.29) is 11.5 Å². The van der Waals surface area contributed by atoms with Crippen LogP contribution in [0, 0.1) is 18.3 Å². The Bertz CT molecular complexity index is 578. The Kier molecular flexibility index (Phi) is 4.41. The highest BCUT2D eigenvalue weighted by Gasteiger charge is 2.14. The zero-order valence-corrected chi connectivity index (χ0v) is 11.9. The van der Waals surface area contributed by atoms with Crippen molar-refractivity contribution in [3.8, 4) is 6.07 Å². The first-order chi connectivity index (χ1) is 9.65. The van der Waals surface area contributed by atoms with Crippen molar-refractivity contribution in [1.29, 1.82) is 5.26 Å². The Labute approximate surface area is 119 Å². The molecule has 0 aliphatic carbocycles. The number of likely N-dealkylation sites (N-methyl/N-ethyl adjacent to an activating group) is 1. The summed E-state index contributed by atoms with van der Waals surface area (Å²) in [5.74, 6) is -0.353. The maximum Gasteiger partial charge on any atom is 0.261 e. The number of aryl methyl sites for hydroxylation is 1. The number of carbonyl (C=O) groups excluding carboxylic acids is 1. The van der Waals surface area contributed by atoms with Gasteiger partial charge in [0, 0.05) is 25.8 Å². The number of benzene rings is 1. The van der Waals surface area contributed by atoms with E-state index in [1.54, 1.807) is 6.08 Å². The van der Waals surface area contributed by atoms with Crippen LogP contribution in [-0.2, 0) is 4.79 Å². The quantitative estimate of drug-likeness (QED) is 0.676. The van der Waals surface area contributed by atoms with Crippen molar-refractivity contribution in [3.05, 3.63) is 34.9 Å². The van der Waals surface area contributed by atoms with Crippen molar-refractivity contribution in [2.45, 2.75) is 19.8 Å². The van der Waals surface area contributed by atoms with Gasteiger partial charge in [-0.3, -0.25) is 4.79 Å². The molecule has 4 heteroatoms. The topological polar surface area (TPSA) is 56.1 Å². The van der Waals surface area contributed by atoms with Gasteiger partial charge in [0.15, 0.2) is 0 Å². The van der Waals surface area contributed by atoms with Crippen molar-refractivity contribution < 1.29 is 4.79 Å². The first-order valence-electron chi connectivity index (χ1n) is 6.85. The molecule has 0 saturated carbocycles. The summed E-state index contributed by atoms with van der Waals surface area (Å²) in [7, 11) is 1.52. The molecule has 1 amide bonds. The lowest BCUT2D eigenvalue weighted by molar-refractivity contribution is -0.116. The normalized spacial score (nSPS) is 15.1. The maximum absolute atomic E-state index is 11.5. The van der Waals surface area contributed by atoms with Gasteiger partial charge in [0.05, 0.1) is 0 Å². The van der Waals surface area contributed by atoms with Gasteiger partial charge in [0.25, 0.3) is 5.91 Å². The van der Waals surface area contributed by atoms with Gasteiger partial charge in [-0.25, -0.2) is 0 Å². The first-order valence-corrected chi connectivity index (χ1v) is 6.85. The minimum Gasteiger partial charge on any atom is -0.371 e. The van der Waals surface area contributed by atoms with Crippen LogP contribution in [0.4, 0.5) is 5.69 Å². The van der Waals surface area contributed by atoms with Crippen molar-refractivity contribution in [1.82, 2.24) is 5.32 Å². The summed E-state index contributed by atoms with van der Waals surface area (Å²) in [6.45, 7) is 4.28. The van der Waals surface area contributed by atoms with E-state index in [0.717, 1.165) is 18.7 Å². The van der Waals surface area contributed by atoms with E-state index >= 15 is 0 Å². The molecule has 2 rings (SSSR count). The van der Waals surface area contributed by atoms with E-state index in [2.05, 4.69) is 23.2 Å². The van der Waals surface area contributed by atoms with Crippen LogP contribution in [-0.4, -0.2) is 26.0 Å². The molecule has 1 N–H and O–H groups in total. The fraction of sp³-hybridized carbons (Fsp3) is 0.375. The zero-order chi connectivity index (χ0) is 14.5. The summed E-state index contributed by atoms with van der Waals surface area (Å²) < 4.78 is 0. The second kappa shape index (κ2) is 6.25. The van der Waals surface area contributed by atoms with E-state index in [9.17, 15) is 4.79 Å². The van der Waals surface area contributed by atoms with E-state index in [1.807, 2.05) is 18.2 Å². The number of anilines is 1. The van der Waals surface area contributed by atoms with Gasteiger partial charge in [0.2, 0.25) is 0 Å². The SMILES string of the molecule is CNC(=O)/C(C#N)=C/c1ccc(N2CCCC2)c(C)c1. The number of nitrogens with zero attached hydrogens (tertiary/aromatic N) is 2. The summed E-state index contributed by atoms with van der Waals surface area (Å²) in [6.07, 6.45) is 4.12. The lowest BCUT2D eigenvalue weighted by atomic mass is 10.1. The van der Waals surface area contributed by atoms with Crippen LogP contribution in [0.2, 0.25) is 0 Å². The van der Waals surface area contributed by atoms with Crippen molar-refractivity contribution >= 4 is 17.7 Å². The van der Waals surface area contributed by atoms with Crippen LogP contribution < -0.4 is 10.2 Å². The Morgan fingerprint density at radius 3 is 2.65 bits per heavy atom. The molecule has 1 aromatic rings. The van der Waals surface area contributed by atoms with Crippen LogP contribution in [0.1, 0.15) is 24.0 Å². The third-order valence-electron chi connectivity index (χ3n) is 3.57. The number of nitrogens with one attached hydrogen (secondary N) is 1. The number of nitriles is 1. The number of carbonyl (C=O) groups is 1. The van der Waals surface area contributed by atoms with Gasteiger partial charge >= 0.3 is 0 Å². The van der Waals surface area contributed by atoms with E-state index in [4.69, 9.17) is 5.26 Å². The predicted octanol–water partition coefficient (Wildman–Crippen LogP) is 2.25. The summed E-state index contributed by atoms with van der Waals surface area (Å²) in [4.78, 5) is 13.9. The van der Waals surface area contributed by atoms with Gasteiger partial charge < -0.3 is 10.2 Å². The monoisotopic (exact) mass is 269 g/mol. The van der Waals surface area contributed by atoms with Crippen LogP contribution in [0.5, 0.6) is 0 Å². The van der Waals surface area contributed by atoms with Gasteiger partial charge in [0.1, 0.15) is 11.6 Å². The maximum atomic E-state index is 11.5. The van der Waals surface area contributed by atoms with E-state index in [0.29, 0.717) is 0 Å². The van der Waals surface area contributed by atoms with Crippen LogP contribution >= 0.6 is 0 Å². The highest BCUT2D eigenvalue weighted by Crippen LogP contribution is 2.25. The largest absolute Gasteiger partial charge is 0.371 e. The molecule has 1 aliphatic heterocycles. The third-order valence-corrected chi connectivity index (χ3v) is 3.57. The fourth-order valence-electron chi connectivity index (χ4n) is 2.53. The second-order valence-electron chi connectivity index (χ2n) is 4.99. The Morgan fingerprint density at radius 2 is 2.10 bits per heavy atom. The molecule has 0 bridgehead atoms. The zero-order valence-electron chi connectivity index (χ0n) is 11.9. The summed E-state index contributed by atoms with van der Waals surface area (Å²) in [6, 6.07) is 7.98. The molecule has 0 aromatic heterocycles. The molecule has 0 radical (unpaired) electrons. The molecule has 1 heterocycles. The molecule has 1 saturated heterocycles. The standard InChI is InChI=1S/C16H19N3O/c1-12-9-13(10-14(11-17)16(20)18-2)5-6-15(12)19-7-3-4-8-19/h5-6,9-10H,3-4,7-8H2,1-2H3,(H,18,20)/b14-10+. The molecule has 1 aliphatic rings. The van der Waals surface area contributed by atoms with Gasteiger partial charge in [-0.1, -0.05) is 6.07 Å². The van der Waals surface area contributed by atoms with Gasteiger partial charge in [-0.15, -0.1) is 0 Å². The average molecular weight is 269 g/mol. The van der Waals surface area contributed by atoms with Crippen LogP contribution in [0.3, 0.4) is 0 Å². The molecule has 0 spiro atoms. The molecule has 1 aromatic carbocycles. The molecule has 104 valence electrons. The lowest BCUT2D eigenvalue weighted by Gasteiger charge is -2.20. The smallest absolute Gasteiger partial charge is 0.261 e. The highest BCUT2D eigenvalue weighted by atomic mass is 16.1. The Morgan fingerprint density at radius 1 is 1.40 bits per heavy atom. The first kappa shape index (κ1) is 14.1. The second-order valence-corrected chi connectivity index (χ2v) is 4.99. The highest BCUT2D eigenvalue weighted by molar-refractivity contribution is 6.01. The van der Waals surface area contributed by atoms with Crippen molar-refractivity contribution in [2.24, 2.45) is 0 Å². The molecule has 1 fully saturated rings. The number of hydrogen-bond acceptors (Lipinski definition) is 3. The fourth-order valence-corrected chi connectivity index (χ4v) is 2.53. The summed E-state index contributed by atoms with van der Waals surface area (Å²) in [5, 5.41) is 11.5. The lowest BCUT2D eigenvalue weighted by Crippen LogP contribution is -2.19. The van der Waals surface area contributed by atoms with Crippen LogP contribution in [0.25, 0.3) is 6.08 Å². The molecule has 0 atom stereocenters. The molecule has 4 nitrogen and oxygen atoms in total. The molecular formula is C16H19N3O. The number of amides is 1.